The molecule has 4 rings (SSSR count). The monoisotopic (exact) mass is 387 g/mol. The molecule has 0 aliphatic heterocycles. The molecule has 4 aromatic rings. The Morgan fingerprint density at radius 3 is 2.41 bits per heavy atom. The van der Waals surface area contributed by atoms with Gasteiger partial charge in [0, 0.05) is 5.69 Å². The van der Waals surface area contributed by atoms with E-state index in [-0.39, 0.29) is 19.1 Å². The number of benzene rings is 3. The van der Waals surface area contributed by atoms with Gasteiger partial charge in [0.2, 0.25) is 5.91 Å². The zero-order valence-electron chi connectivity index (χ0n) is 16.0. The largest absolute Gasteiger partial charge is 0.497 e. The first-order valence-corrected chi connectivity index (χ1v) is 9.29. The van der Waals surface area contributed by atoms with Crippen molar-refractivity contribution < 1.29 is 14.3 Å². The van der Waals surface area contributed by atoms with Crippen molar-refractivity contribution in [2.75, 3.05) is 12.4 Å². The average Bonchev–Trinajstić information content (AvgIpc) is 3.11. The molecular formula is C23H21N3O3. The Morgan fingerprint density at radius 1 is 0.931 bits per heavy atom. The van der Waals surface area contributed by atoms with Crippen LogP contribution in [0.2, 0.25) is 0 Å². The van der Waals surface area contributed by atoms with Crippen molar-refractivity contribution >= 4 is 22.6 Å². The van der Waals surface area contributed by atoms with Gasteiger partial charge in [0.05, 0.1) is 18.1 Å². The number of anilines is 1. The van der Waals surface area contributed by atoms with E-state index in [4.69, 9.17) is 9.47 Å². The molecule has 0 unspecified atom stereocenters. The number of carbonyl (C=O) groups excluding carboxylic acids is 1. The smallest absolute Gasteiger partial charge is 0.244 e. The van der Waals surface area contributed by atoms with Crippen molar-refractivity contribution in [3.05, 3.63) is 84.7 Å². The number of aromatic nitrogens is 2. The minimum Gasteiger partial charge on any atom is -0.497 e. The van der Waals surface area contributed by atoms with Gasteiger partial charge in [-0.1, -0.05) is 30.3 Å². The summed E-state index contributed by atoms with van der Waals surface area (Å²) in [6, 6.07) is 24.5. The van der Waals surface area contributed by atoms with E-state index in [9.17, 15) is 4.79 Å². The van der Waals surface area contributed by atoms with Crippen LogP contribution < -0.4 is 14.8 Å². The number of carbonyl (C=O) groups is 1. The summed E-state index contributed by atoms with van der Waals surface area (Å²) >= 11 is 0. The number of rotatable bonds is 7. The van der Waals surface area contributed by atoms with Gasteiger partial charge in [-0.3, -0.25) is 4.79 Å². The van der Waals surface area contributed by atoms with Crippen LogP contribution in [0.5, 0.6) is 11.5 Å². The summed E-state index contributed by atoms with van der Waals surface area (Å²) in [6.45, 7) is 0.411. The first kappa shape index (κ1) is 18.6. The summed E-state index contributed by atoms with van der Waals surface area (Å²) in [6.07, 6.45) is 0. The molecule has 0 saturated heterocycles. The lowest BCUT2D eigenvalue weighted by atomic mass is 10.3. The highest BCUT2D eigenvalue weighted by Crippen LogP contribution is 2.19. The SMILES string of the molecule is COc1ccc(NC(=O)Cn2c(COc3ccccc3)nc3ccccc32)cc1. The molecule has 0 spiro atoms. The number of nitrogens with zero attached hydrogens (tertiary/aromatic N) is 2. The lowest BCUT2D eigenvalue weighted by molar-refractivity contribution is -0.116. The van der Waals surface area contributed by atoms with Gasteiger partial charge in [0.15, 0.2) is 0 Å². The van der Waals surface area contributed by atoms with Gasteiger partial charge in [-0.05, 0) is 48.5 Å². The van der Waals surface area contributed by atoms with Crippen LogP contribution in [0.1, 0.15) is 5.82 Å². The number of imidazole rings is 1. The molecule has 1 N–H and O–H groups in total. The molecule has 29 heavy (non-hydrogen) atoms. The molecular weight excluding hydrogens is 366 g/mol. The zero-order valence-corrected chi connectivity index (χ0v) is 16.0. The van der Waals surface area contributed by atoms with Gasteiger partial charge in [0.25, 0.3) is 0 Å². The second-order valence-corrected chi connectivity index (χ2v) is 6.48. The van der Waals surface area contributed by atoms with Crippen LogP contribution in [0.4, 0.5) is 5.69 Å². The third-order valence-electron chi connectivity index (χ3n) is 4.52. The first-order chi connectivity index (χ1) is 14.2. The number of methoxy groups -OCH3 is 1. The molecule has 3 aromatic carbocycles. The van der Waals surface area contributed by atoms with Gasteiger partial charge < -0.3 is 19.4 Å². The Kier molecular flexibility index (Phi) is 5.42. The Balaban J connectivity index is 1.53. The van der Waals surface area contributed by atoms with Crippen LogP contribution in [0.15, 0.2) is 78.9 Å². The third-order valence-corrected chi connectivity index (χ3v) is 4.52. The fourth-order valence-electron chi connectivity index (χ4n) is 3.10. The molecule has 0 aliphatic carbocycles. The maximum absolute atomic E-state index is 12.7. The summed E-state index contributed by atoms with van der Waals surface area (Å²) in [5.41, 5.74) is 2.43. The van der Waals surface area contributed by atoms with Gasteiger partial charge >= 0.3 is 0 Å². The predicted octanol–water partition coefficient (Wildman–Crippen LogP) is 4.26. The number of hydrogen-bond donors (Lipinski definition) is 1. The lowest BCUT2D eigenvalue weighted by Gasteiger charge is -2.11. The molecule has 0 atom stereocenters. The van der Waals surface area contributed by atoms with Crippen LogP contribution in [-0.2, 0) is 17.9 Å². The molecule has 6 nitrogen and oxygen atoms in total. The predicted molar refractivity (Wildman–Crippen MR) is 112 cm³/mol. The molecule has 1 heterocycles. The molecule has 0 aliphatic rings. The standard InChI is InChI=1S/C23H21N3O3/c1-28-18-13-11-17(12-14-18)24-23(27)15-26-21-10-6-5-9-20(21)25-22(26)16-29-19-7-3-2-4-8-19/h2-14H,15-16H2,1H3,(H,24,27). The molecule has 1 amide bonds. The van der Waals surface area contributed by atoms with Crippen molar-refractivity contribution in [3.8, 4) is 11.5 Å². The number of fused-ring (bicyclic) bond motifs is 1. The Hall–Kier alpha value is -3.80. The molecule has 146 valence electrons. The molecule has 0 fully saturated rings. The van der Waals surface area contributed by atoms with Crippen molar-refractivity contribution in [3.63, 3.8) is 0 Å². The van der Waals surface area contributed by atoms with Gasteiger partial charge in [-0.2, -0.15) is 0 Å². The fourth-order valence-corrected chi connectivity index (χ4v) is 3.10. The number of nitrogens with one attached hydrogen (secondary N) is 1. The van der Waals surface area contributed by atoms with Gasteiger partial charge in [0.1, 0.15) is 30.5 Å². The summed E-state index contributed by atoms with van der Waals surface area (Å²) in [7, 11) is 1.61. The maximum Gasteiger partial charge on any atom is 0.244 e. The minimum atomic E-state index is -0.140. The number of amides is 1. The van der Waals surface area contributed by atoms with Crippen molar-refractivity contribution in [2.24, 2.45) is 0 Å². The zero-order chi connectivity index (χ0) is 20.1. The van der Waals surface area contributed by atoms with E-state index in [2.05, 4.69) is 10.3 Å². The summed E-state index contributed by atoms with van der Waals surface area (Å²) in [5, 5.41) is 2.91. The molecule has 0 radical (unpaired) electrons. The van der Waals surface area contributed by atoms with Gasteiger partial charge in [-0.25, -0.2) is 4.98 Å². The van der Waals surface area contributed by atoms with Crippen molar-refractivity contribution in [1.29, 1.82) is 0 Å². The summed E-state index contributed by atoms with van der Waals surface area (Å²) in [5.74, 6) is 2.05. The fraction of sp³-hybridized carbons (Fsp3) is 0.130. The van der Waals surface area contributed by atoms with E-state index in [0.29, 0.717) is 11.5 Å². The Labute approximate surface area is 168 Å². The van der Waals surface area contributed by atoms with Crippen LogP contribution in [0.3, 0.4) is 0 Å². The van der Waals surface area contributed by atoms with E-state index in [1.54, 1.807) is 19.2 Å². The normalized spacial score (nSPS) is 10.7. The molecule has 1 aromatic heterocycles. The summed E-state index contributed by atoms with van der Waals surface area (Å²) in [4.78, 5) is 17.3. The van der Waals surface area contributed by atoms with Crippen molar-refractivity contribution in [1.82, 2.24) is 9.55 Å². The first-order valence-electron chi connectivity index (χ1n) is 9.29. The number of ether oxygens (including phenoxy) is 2. The number of para-hydroxylation sites is 3. The Bertz CT molecular complexity index is 1110. The quantitative estimate of drug-likeness (QED) is 0.515. The highest BCUT2D eigenvalue weighted by atomic mass is 16.5. The molecule has 6 heteroatoms. The topological polar surface area (TPSA) is 65.4 Å². The van der Waals surface area contributed by atoms with Crippen LogP contribution in [0, 0.1) is 0 Å². The van der Waals surface area contributed by atoms with E-state index in [1.807, 2.05) is 71.3 Å². The number of hydrogen-bond acceptors (Lipinski definition) is 4. The van der Waals surface area contributed by atoms with E-state index < -0.39 is 0 Å². The second kappa shape index (κ2) is 8.48. The highest BCUT2D eigenvalue weighted by Gasteiger charge is 2.14. The molecule has 0 bridgehead atoms. The van der Waals surface area contributed by atoms with E-state index >= 15 is 0 Å². The van der Waals surface area contributed by atoms with Crippen LogP contribution >= 0.6 is 0 Å². The molecule has 0 saturated carbocycles. The van der Waals surface area contributed by atoms with E-state index in [0.717, 1.165) is 22.5 Å². The maximum atomic E-state index is 12.7. The minimum absolute atomic E-state index is 0.139. The summed E-state index contributed by atoms with van der Waals surface area (Å²) < 4.78 is 12.9. The van der Waals surface area contributed by atoms with Gasteiger partial charge in [-0.15, -0.1) is 0 Å². The Morgan fingerprint density at radius 2 is 1.66 bits per heavy atom. The van der Waals surface area contributed by atoms with E-state index in [1.165, 1.54) is 0 Å². The third kappa shape index (κ3) is 4.38. The highest BCUT2D eigenvalue weighted by molar-refractivity contribution is 5.91. The van der Waals surface area contributed by atoms with Crippen LogP contribution in [0.25, 0.3) is 11.0 Å². The average molecular weight is 387 g/mol. The van der Waals surface area contributed by atoms with Crippen LogP contribution in [-0.4, -0.2) is 22.6 Å². The van der Waals surface area contributed by atoms with Crippen molar-refractivity contribution in [2.45, 2.75) is 13.2 Å². The second-order valence-electron chi connectivity index (χ2n) is 6.48. The lowest BCUT2D eigenvalue weighted by Crippen LogP contribution is -2.20.